The maximum Gasteiger partial charge on any atom is 0.373 e. The number of carbonyl (C=O) groups excluding carboxylic acids is 4. The van der Waals surface area contributed by atoms with E-state index in [1.54, 1.807) is 0 Å². The number of nitrogens with one attached hydrogen (secondary N) is 3. The van der Waals surface area contributed by atoms with Crippen LogP contribution in [0.1, 0.15) is 23.0 Å². The molecule has 0 unspecified atom stereocenters. The van der Waals surface area contributed by atoms with Gasteiger partial charge >= 0.3 is 6.15 Å². The summed E-state index contributed by atoms with van der Waals surface area (Å²) in [7, 11) is 0. The van der Waals surface area contributed by atoms with Crippen molar-refractivity contribution < 1.29 is 19.2 Å². The first kappa shape index (κ1) is 19.2. The Hall–Kier alpha value is -4.16. The number of hydrogen-bond donors (Lipinski definition) is 3. The third kappa shape index (κ3) is 3.36. The molecule has 5 rings (SSSR count). The monoisotopic (exact) mass is 402 g/mol. The van der Waals surface area contributed by atoms with Crippen molar-refractivity contribution in [2.75, 3.05) is 16.8 Å². The van der Waals surface area contributed by atoms with E-state index in [-0.39, 0.29) is 18.0 Å². The quantitative estimate of drug-likeness (QED) is 0.477. The molecule has 0 spiro atoms. The molecule has 8 heteroatoms. The van der Waals surface area contributed by atoms with Gasteiger partial charge in [0.1, 0.15) is 5.69 Å². The maximum atomic E-state index is 13.1. The number of H-pyrrole nitrogens is 2. The summed E-state index contributed by atoms with van der Waals surface area (Å²) in [5, 5.41) is 4.84. The van der Waals surface area contributed by atoms with Gasteiger partial charge in [-0.1, -0.05) is 0 Å². The molecule has 0 fully saturated rings. The van der Waals surface area contributed by atoms with Crippen LogP contribution in [0.25, 0.3) is 21.8 Å². The lowest BCUT2D eigenvalue weighted by molar-refractivity contribution is -0.191. The van der Waals surface area contributed by atoms with E-state index in [2.05, 4.69) is 21.4 Å². The van der Waals surface area contributed by atoms with Crippen LogP contribution in [-0.4, -0.2) is 34.5 Å². The van der Waals surface area contributed by atoms with Gasteiger partial charge in [0.25, 0.3) is 5.91 Å². The first-order chi connectivity index (χ1) is 14.5. The third-order valence-electron chi connectivity index (χ3n) is 5.11. The number of aromatic nitrogens is 2. The topological polar surface area (TPSA) is 115 Å². The van der Waals surface area contributed by atoms with Gasteiger partial charge in [0, 0.05) is 52.8 Å². The molecule has 1 aliphatic rings. The second-order valence-corrected chi connectivity index (χ2v) is 6.96. The van der Waals surface area contributed by atoms with E-state index < -0.39 is 0 Å². The maximum absolute atomic E-state index is 13.1. The Labute approximate surface area is 170 Å². The Morgan fingerprint density at radius 2 is 1.83 bits per heavy atom. The number of hydrogen-bond acceptors (Lipinski definition) is 4. The van der Waals surface area contributed by atoms with Gasteiger partial charge in [0.05, 0.1) is 0 Å². The normalized spacial score (nSPS) is 12.2. The highest BCUT2D eigenvalue weighted by molar-refractivity contribution is 6.10. The Balaban J connectivity index is 0.000000687. The molecule has 0 saturated heterocycles. The molecule has 0 aliphatic carbocycles. The molecule has 30 heavy (non-hydrogen) atoms. The van der Waals surface area contributed by atoms with Crippen molar-refractivity contribution in [3.8, 4) is 0 Å². The molecule has 8 nitrogen and oxygen atoms in total. The van der Waals surface area contributed by atoms with Crippen LogP contribution in [0, 0.1) is 0 Å². The van der Waals surface area contributed by atoms with Gasteiger partial charge < -0.3 is 20.2 Å². The van der Waals surface area contributed by atoms with Gasteiger partial charge in [0.2, 0.25) is 5.91 Å². The molecular weight excluding hydrogens is 384 g/mol. The van der Waals surface area contributed by atoms with Crippen molar-refractivity contribution in [3.63, 3.8) is 0 Å². The molecule has 3 N–H and O–H groups in total. The fourth-order valence-electron chi connectivity index (χ4n) is 3.93. The second kappa shape index (κ2) is 7.69. The number of carbonyl (C=O) groups is 2. The van der Waals surface area contributed by atoms with Crippen LogP contribution in [0.4, 0.5) is 11.4 Å². The molecule has 0 bridgehead atoms. The van der Waals surface area contributed by atoms with Crippen LogP contribution >= 0.6 is 0 Å². The van der Waals surface area contributed by atoms with Gasteiger partial charge in [-0.3, -0.25) is 9.59 Å². The molecule has 2 amide bonds. The van der Waals surface area contributed by atoms with Crippen molar-refractivity contribution in [2.45, 2.75) is 13.3 Å². The molecule has 3 heterocycles. The van der Waals surface area contributed by atoms with Crippen LogP contribution in [0.15, 0.2) is 48.7 Å². The van der Waals surface area contributed by atoms with Gasteiger partial charge in [-0.15, -0.1) is 0 Å². The van der Waals surface area contributed by atoms with Crippen LogP contribution < -0.4 is 10.2 Å². The number of benzene rings is 2. The van der Waals surface area contributed by atoms with Crippen molar-refractivity contribution in [1.29, 1.82) is 0 Å². The fraction of sp³-hybridized carbons (Fsp3) is 0.136. The lowest BCUT2D eigenvalue weighted by Crippen LogP contribution is -2.29. The predicted octanol–water partition coefficient (Wildman–Crippen LogP) is 3.23. The van der Waals surface area contributed by atoms with E-state index in [0.717, 1.165) is 34.2 Å². The lowest BCUT2D eigenvalue weighted by Gasteiger charge is -2.16. The number of fused-ring (bicyclic) bond motifs is 4. The second-order valence-electron chi connectivity index (χ2n) is 6.96. The summed E-state index contributed by atoms with van der Waals surface area (Å²) in [6, 6.07) is 13.5. The molecular formula is C22H18N4O4. The Kier molecular flexibility index (Phi) is 4.92. The van der Waals surface area contributed by atoms with E-state index in [4.69, 9.17) is 9.59 Å². The summed E-state index contributed by atoms with van der Waals surface area (Å²) in [6.07, 6.45) is 3.03. The number of nitrogens with zero attached hydrogens (tertiary/aromatic N) is 1. The van der Waals surface area contributed by atoms with Gasteiger partial charge in [-0.25, -0.2) is 0 Å². The molecule has 150 valence electrons. The first-order valence-corrected chi connectivity index (χ1v) is 9.32. The van der Waals surface area contributed by atoms with E-state index in [1.165, 1.54) is 17.9 Å². The van der Waals surface area contributed by atoms with E-state index >= 15 is 0 Å². The van der Waals surface area contributed by atoms with E-state index in [9.17, 15) is 9.59 Å². The summed E-state index contributed by atoms with van der Waals surface area (Å²) in [5.41, 5.74) is 5.42. The van der Waals surface area contributed by atoms with Crippen molar-refractivity contribution in [2.24, 2.45) is 0 Å². The molecule has 2 aromatic heterocycles. The van der Waals surface area contributed by atoms with Crippen LogP contribution in [0.2, 0.25) is 0 Å². The third-order valence-corrected chi connectivity index (χ3v) is 5.11. The van der Waals surface area contributed by atoms with Crippen LogP contribution in [0.5, 0.6) is 0 Å². The molecule has 0 atom stereocenters. The SMILES string of the molecule is CC(=O)Nc1ccc2[nH]c(C(=O)N3CCc4c3ccc3[nH]ccc43)cc2c1.O=C=O. The minimum absolute atomic E-state index is 0.0408. The van der Waals surface area contributed by atoms with E-state index in [1.807, 2.05) is 47.5 Å². The first-order valence-electron chi connectivity index (χ1n) is 9.32. The summed E-state index contributed by atoms with van der Waals surface area (Å²) in [5.74, 6) is -0.160. The van der Waals surface area contributed by atoms with Crippen LogP contribution in [-0.2, 0) is 20.8 Å². The zero-order valence-electron chi connectivity index (χ0n) is 16.1. The largest absolute Gasteiger partial charge is 0.373 e. The Morgan fingerprint density at radius 3 is 2.60 bits per heavy atom. The number of amides is 2. The van der Waals surface area contributed by atoms with Crippen molar-refractivity contribution >= 4 is 51.1 Å². The van der Waals surface area contributed by atoms with Crippen LogP contribution in [0.3, 0.4) is 0 Å². The lowest BCUT2D eigenvalue weighted by atomic mass is 10.1. The molecule has 2 aromatic carbocycles. The molecule has 4 aromatic rings. The highest BCUT2D eigenvalue weighted by Gasteiger charge is 2.28. The van der Waals surface area contributed by atoms with Gasteiger partial charge in [-0.05, 0) is 54.4 Å². The fourth-order valence-corrected chi connectivity index (χ4v) is 3.93. The zero-order chi connectivity index (χ0) is 21.3. The number of anilines is 2. The van der Waals surface area contributed by atoms with Crippen molar-refractivity contribution in [3.05, 3.63) is 59.9 Å². The highest BCUT2D eigenvalue weighted by atomic mass is 16.2. The van der Waals surface area contributed by atoms with E-state index in [0.29, 0.717) is 12.2 Å². The van der Waals surface area contributed by atoms with Gasteiger partial charge in [0.15, 0.2) is 0 Å². The smallest absolute Gasteiger partial charge is 0.361 e. The molecule has 1 aliphatic heterocycles. The number of aromatic amines is 2. The summed E-state index contributed by atoms with van der Waals surface area (Å²) in [6.45, 7) is 2.15. The summed E-state index contributed by atoms with van der Waals surface area (Å²) >= 11 is 0. The minimum atomic E-state index is -0.120. The zero-order valence-corrected chi connectivity index (χ0v) is 16.1. The Bertz CT molecular complexity index is 1310. The highest BCUT2D eigenvalue weighted by Crippen LogP contribution is 2.35. The summed E-state index contributed by atoms with van der Waals surface area (Å²) < 4.78 is 0. The predicted molar refractivity (Wildman–Crippen MR) is 111 cm³/mol. The summed E-state index contributed by atoms with van der Waals surface area (Å²) in [4.78, 5) is 48.9. The number of rotatable bonds is 2. The average Bonchev–Trinajstić information content (AvgIpc) is 3.43. The standard InChI is InChI=1S/C21H18N4O2.CO2/c1-12(26)23-14-2-3-17-13(10-14)11-19(24-17)21(27)25-9-7-16-15-6-8-22-18(15)4-5-20(16)25;2-1-3/h2-6,8,10-11,22,24H,7,9H2,1H3,(H,23,26);. The molecule has 0 saturated carbocycles. The molecule has 0 radical (unpaired) electrons. The Morgan fingerprint density at radius 1 is 1.07 bits per heavy atom. The average molecular weight is 402 g/mol. The van der Waals surface area contributed by atoms with Crippen molar-refractivity contribution in [1.82, 2.24) is 9.97 Å². The minimum Gasteiger partial charge on any atom is -0.361 e. The van der Waals surface area contributed by atoms with Gasteiger partial charge in [-0.2, -0.15) is 9.59 Å².